The van der Waals surface area contributed by atoms with E-state index >= 15 is 0 Å². The van der Waals surface area contributed by atoms with Crippen molar-refractivity contribution < 1.29 is 5.11 Å². The standard InChI is InChI=1S/C15H32N2O/c1-5-9-17(11-10-16(3)4)14-12-13(6-2)7-8-15(14)18/h13-15,18H,5-12H2,1-4H3. The van der Waals surface area contributed by atoms with Crippen LogP contribution in [-0.2, 0) is 0 Å². The van der Waals surface area contributed by atoms with E-state index in [1.807, 2.05) is 0 Å². The molecule has 1 aliphatic carbocycles. The molecule has 0 aromatic carbocycles. The van der Waals surface area contributed by atoms with Crippen molar-refractivity contribution in [2.24, 2.45) is 5.92 Å². The van der Waals surface area contributed by atoms with Gasteiger partial charge >= 0.3 is 0 Å². The summed E-state index contributed by atoms with van der Waals surface area (Å²) in [5, 5.41) is 10.3. The van der Waals surface area contributed by atoms with Crippen molar-refractivity contribution in [3.63, 3.8) is 0 Å². The molecule has 1 saturated carbocycles. The van der Waals surface area contributed by atoms with Gasteiger partial charge in [-0.3, -0.25) is 4.90 Å². The molecule has 3 unspecified atom stereocenters. The van der Waals surface area contributed by atoms with Crippen molar-refractivity contribution in [2.45, 2.75) is 58.1 Å². The van der Waals surface area contributed by atoms with Crippen LogP contribution in [0.1, 0.15) is 46.0 Å². The average Bonchev–Trinajstić information content (AvgIpc) is 2.35. The summed E-state index contributed by atoms with van der Waals surface area (Å²) in [7, 11) is 4.24. The Morgan fingerprint density at radius 3 is 2.33 bits per heavy atom. The molecule has 1 N–H and O–H groups in total. The molecule has 1 fully saturated rings. The number of hydrogen-bond acceptors (Lipinski definition) is 3. The summed E-state index contributed by atoms with van der Waals surface area (Å²) in [6.07, 6.45) is 5.71. The zero-order valence-corrected chi connectivity index (χ0v) is 12.7. The molecule has 1 aliphatic rings. The van der Waals surface area contributed by atoms with Crippen molar-refractivity contribution in [2.75, 3.05) is 33.7 Å². The summed E-state index contributed by atoms with van der Waals surface area (Å²) < 4.78 is 0. The third kappa shape index (κ3) is 4.87. The lowest BCUT2D eigenvalue weighted by molar-refractivity contribution is 0.000254. The number of nitrogens with zero attached hydrogens (tertiary/aromatic N) is 2. The molecule has 0 aliphatic heterocycles. The van der Waals surface area contributed by atoms with Gasteiger partial charge in [0.1, 0.15) is 0 Å². The zero-order valence-electron chi connectivity index (χ0n) is 12.7. The number of likely N-dealkylation sites (N-methyl/N-ethyl adjacent to an activating group) is 1. The highest BCUT2D eigenvalue weighted by atomic mass is 16.3. The maximum atomic E-state index is 10.3. The van der Waals surface area contributed by atoms with Gasteiger partial charge in [-0.1, -0.05) is 20.3 Å². The first-order valence-corrected chi connectivity index (χ1v) is 7.65. The third-order valence-corrected chi connectivity index (χ3v) is 4.28. The second-order valence-corrected chi connectivity index (χ2v) is 6.06. The van der Waals surface area contributed by atoms with Crippen LogP contribution >= 0.6 is 0 Å². The summed E-state index contributed by atoms with van der Waals surface area (Å²) in [6, 6.07) is 0.392. The van der Waals surface area contributed by atoms with Gasteiger partial charge in [-0.15, -0.1) is 0 Å². The molecule has 18 heavy (non-hydrogen) atoms. The van der Waals surface area contributed by atoms with Gasteiger partial charge in [0.05, 0.1) is 6.10 Å². The first-order chi connectivity index (χ1) is 8.58. The minimum atomic E-state index is -0.110. The first-order valence-electron chi connectivity index (χ1n) is 7.65. The number of hydrogen-bond donors (Lipinski definition) is 1. The van der Waals surface area contributed by atoms with Gasteiger partial charge in [0, 0.05) is 19.1 Å². The summed E-state index contributed by atoms with van der Waals surface area (Å²) in [4.78, 5) is 4.75. The Balaban J connectivity index is 2.57. The Kier molecular flexibility index (Phi) is 7.20. The minimum absolute atomic E-state index is 0.110. The maximum Gasteiger partial charge on any atom is 0.0695 e. The fourth-order valence-electron chi connectivity index (χ4n) is 3.04. The molecular formula is C15H32N2O. The van der Waals surface area contributed by atoms with Gasteiger partial charge < -0.3 is 10.0 Å². The fraction of sp³-hybridized carbons (Fsp3) is 1.00. The van der Waals surface area contributed by atoms with E-state index in [0.717, 1.165) is 32.0 Å². The summed E-state index contributed by atoms with van der Waals surface area (Å²) >= 11 is 0. The maximum absolute atomic E-state index is 10.3. The molecule has 0 aromatic rings. The minimum Gasteiger partial charge on any atom is -0.391 e. The van der Waals surface area contributed by atoms with E-state index in [4.69, 9.17) is 0 Å². The fourth-order valence-corrected chi connectivity index (χ4v) is 3.04. The van der Waals surface area contributed by atoms with Gasteiger partial charge in [0.25, 0.3) is 0 Å². The van der Waals surface area contributed by atoms with Crippen molar-refractivity contribution in [1.82, 2.24) is 9.80 Å². The number of rotatable bonds is 7. The summed E-state index contributed by atoms with van der Waals surface area (Å²) in [5.74, 6) is 0.817. The van der Waals surface area contributed by atoms with Crippen LogP contribution in [0.5, 0.6) is 0 Å². The monoisotopic (exact) mass is 256 g/mol. The van der Waals surface area contributed by atoms with E-state index in [1.54, 1.807) is 0 Å². The van der Waals surface area contributed by atoms with Gasteiger partial charge in [-0.25, -0.2) is 0 Å². The van der Waals surface area contributed by atoms with E-state index in [1.165, 1.54) is 25.7 Å². The number of aliphatic hydroxyl groups excluding tert-OH is 1. The first kappa shape index (κ1) is 15.9. The molecule has 0 radical (unpaired) electrons. The molecule has 3 atom stereocenters. The van der Waals surface area contributed by atoms with Gasteiger partial charge in [0.15, 0.2) is 0 Å². The zero-order chi connectivity index (χ0) is 13.5. The molecule has 0 heterocycles. The van der Waals surface area contributed by atoms with Crippen LogP contribution in [-0.4, -0.2) is 60.8 Å². The van der Waals surface area contributed by atoms with Crippen LogP contribution in [0.2, 0.25) is 0 Å². The molecule has 3 nitrogen and oxygen atoms in total. The van der Waals surface area contributed by atoms with Crippen LogP contribution in [0, 0.1) is 5.92 Å². The molecule has 108 valence electrons. The highest BCUT2D eigenvalue weighted by Gasteiger charge is 2.32. The molecule has 0 spiro atoms. The van der Waals surface area contributed by atoms with Crippen LogP contribution in [0.3, 0.4) is 0 Å². The summed E-state index contributed by atoms with van der Waals surface area (Å²) in [6.45, 7) is 7.80. The quantitative estimate of drug-likeness (QED) is 0.756. The van der Waals surface area contributed by atoms with Crippen LogP contribution < -0.4 is 0 Å². The van der Waals surface area contributed by atoms with Crippen molar-refractivity contribution in [3.8, 4) is 0 Å². The van der Waals surface area contributed by atoms with Gasteiger partial charge in [-0.05, 0) is 52.2 Å². The van der Waals surface area contributed by atoms with Gasteiger partial charge in [0.2, 0.25) is 0 Å². The Hall–Kier alpha value is -0.120. The Morgan fingerprint density at radius 1 is 1.06 bits per heavy atom. The lowest BCUT2D eigenvalue weighted by Gasteiger charge is -2.41. The largest absolute Gasteiger partial charge is 0.391 e. The van der Waals surface area contributed by atoms with Crippen molar-refractivity contribution in [3.05, 3.63) is 0 Å². The van der Waals surface area contributed by atoms with Crippen LogP contribution in [0.25, 0.3) is 0 Å². The van der Waals surface area contributed by atoms with Crippen LogP contribution in [0.4, 0.5) is 0 Å². The Labute approximate surface area is 113 Å². The van der Waals surface area contributed by atoms with E-state index in [-0.39, 0.29) is 6.10 Å². The molecule has 1 rings (SSSR count). The lowest BCUT2D eigenvalue weighted by atomic mass is 9.81. The molecule has 0 amide bonds. The third-order valence-electron chi connectivity index (χ3n) is 4.28. The normalized spacial score (nSPS) is 29.2. The highest BCUT2D eigenvalue weighted by Crippen LogP contribution is 2.30. The molecular weight excluding hydrogens is 224 g/mol. The van der Waals surface area contributed by atoms with Crippen molar-refractivity contribution >= 4 is 0 Å². The Morgan fingerprint density at radius 2 is 1.78 bits per heavy atom. The SMILES string of the molecule is CCCN(CCN(C)C)C1CC(CC)CCC1O. The van der Waals surface area contributed by atoms with Gasteiger partial charge in [-0.2, -0.15) is 0 Å². The van der Waals surface area contributed by atoms with E-state index in [0.29, 0.717) is 6.04 Å². The molecule has 0 aromatic heterocycles. The Bertz CT molecular complexity index is 221. The van der Waals surface area contributed by atoms with Crippen LogP contribution in [0.15, 0.2) is 0 Å². The molecule has 0 saturated heterocycles. The predicted octanol–water partition coefficient (Wildman–Crippen LogP) is 2.20. The van der Waals surface area contributed by atoms with E-state index in [9.17, 15) is 5.11 Å². The lowest BCUT2D eigenvalue weighted by Crippen LogP contribution is -2.49. The second kappa shape index (κ2) is 8.13. The molecule has 0 bridgehead atoms. The molecule has 3 heteroatoms. The van der Waals surface area contributed by atoms with E-state index in [2.05, 4.69) is 37.7 Å². The predicted molar refractivity (Wildman–Crippen MR) is 77.8 cm³/mol. The van der Waals surface area contributed by atoms with E-state index < -0.39 is 0 Å². The second-order valence-electron chi connectivity index (χ2n) is 6.06. The summed E-state index contributed by atoms with van der Waals surface area (Å²) in [5.41, 5.74) is 0. The number of aliphatic hydroxyl groups is 1. The smallest absolute Gasteiger partial charge is 0.0695 e. The van der Waals surface area contributed by atoms with Crippen molar-refractivity contribution in [1.29, 1.82) is 0 Å². The average molecular weight is 256 g/mol. The topological polar surface area (TPSA) is 26.7 Å². The highest BCUT2D eigenvalue weighted by molar-refractivity contribution is 4.86.